The standard InChI is InChI=1S/C31H28FN2O/c1-19-11-12-24-29-22(17-33)13-21(20-9-7-6-8-10-20)14-27(29)35-30(24)28(19)26-15-25(32)23(18-34(26)5)16-31(2,3)4/h6-15,18H,16H2,1-5H3/q+1/i16D2. The Bertz CT molecular complexity index is 1720. The van der Waals surface area contributed by atoms with Gasteiger partial charge in [-0.25, -0.2) is 8.96 Å². The maximum Gasteiger partial charge on any atom is 0.219 e. The van der Waals surface area contributed by atoms with E-state index in [1.165, 1.54) is 12.3 Å². The van der Waals surface area contributed by atoms with Gasteiger partial charge in [-0.3, -0.25) is 0 Å². The Morgan fingerprint density at radius 3 is 2.49 bits per heavy atom. The molecule has 0 aliphatic carbocycles. The number of halogens is 1. The van der Waals surface area contributed by atoms with Crippen LogP contribution in [-0.2, 0) is 13.4 Å². The van der Waals surface area contributed by atoms with Crippen LogP contribution in [0.5, 0.6) is 0 Å². The van der Waals surface area contributed by atoms with Gasteiger partial charge in [-0.2, -0.15) is 5.26 Å². The predicted octanol–water partition coefficient (Wildman–Crippen LogP) is 7.65. The van der Waals surface area contributed by atoms with Crippen LogP contribution in [0.2, 0.25) is 0 Å². The van der Waals surface area contributed by atoms with E-state index in [-0.39, 0.29) is 5.56 Å². The van der Waals surface area contributed by atoms with Crippen molar-refractivity contribution in [3.8, 4) is 28.5 Å². The van der Waals surface area contributed by atoms with Crippen molar-refractivity contribution in [1.29, 1.82) is 5.26 Å². The van der Waals surface area contributed by atoms with E-state index in [2.05, 4.69) is 6.07 Å². The Morgan fingerprint density at radius 2 is 1.80 bits per heavy atom. The van der Waals surface area contributed by atoms with Gasteiger partial charge < -0.3 is 4.42 Å². The molecule has 0 aliphatic rings. The Balaban J connectivity index is 1.78. The monoisotopic (exact) mass is 465 g/mol. The number of benzene rings is 3. The van der Waals surface area contributed by atoms with Crippen LogP contribution in [0.3, 0.4) is 0 Å². The predicted molar refractivity (Wildman–Crippen MR) is 138 cm³/mol. The minimum Gasteiger partial charge on any atom is -0.455 e. The number of rotatable bonds is 3. The highest BCUT2D eigenvalue weighted by Gasteiger charge is 2.25. The first kappa shape index (κ1) is 20.4. The quantitative estimate of drug-likeness (QED) is 0.257. The minimum absolute atomic E-state index is 0.0138. The van der Waals surface area contributed by atoms with E-state index in [9.17, 15) is 5.26 Å². The summed E-state index contributed by atoms with van der Waals surface area (Å²) >= 11 is 0. The summed E-state index contributed by atoms with van der Waals surface area (Å²) in [5, 5.41) is 11.5. The molecule has 0 spiro atoms. The SMILES string of the molecule is [2H]C([2H])(c1c[n+](C)c(-c2c(C)ccc3c2oc2cc(-c4ccccc4)cc(C#N)c23)cc1F)C(C)(C)C. The molecule has 0 saturated carbocycles. The molecular formula is C31H28FN2O+. The number of pyridine rings is 1. The Hall–Kier alpha value is -3.97. The summed E-state index contributed by atoms with van der Waals surface area (Å²) in [7, 11) is 1.78. The van der Waals surface area contributed by atoms with Gasteiger partial charge in [0.2, 0.25) is 5.69 Å². The van der Waals surface area contributed by atoms with Crippen LogP contribution in [0.1, 0.15) is 40.2 Å². The van der Waals surface area contributed by atoms with E-state index >= 15 is 4.39 Å². The molecule has 4 heteroatoms. The van der Waals surface area contributed by atoms with E-state index < -0.39 is 17.6 Å². The maximum atomic E-state index is 15.5. The van der Waals surface area contributed by atoms with Crippen LogP contribution in [0.4, 0.5) is 4.39 Å². The van der Waals surface area contributed by atoms with Crippen LogP contribution in [0.25, 0.3) is 44.3 Å². The van der Waals surface area contributed by atoms with Crippen molar-refractivity contribution in [2.75, 3.05) is 0 Å². The van der Waals surface area contributed by atoms with Crippen LogP contribution < -0.4 is 4.57 Å². The molecule has 3 nitrogen and oxygen atoms in total. The molecule has 2 aromatic heterocycles. The summed E-state index contributed by atoms with van der Waals surface area (Å²) in [4.78, 5) is 0. The van der Waals surface area contributed by atoms with Crippen molar-refractivity contribution in [1.82, 2.24) is 0 Å². The first-order chi connectivity index (χ1) is 17.4. The lowest BCUT2D eigenvalue weighted by Gasteiger charge is -2.18. The molecule has 0 radical (unpaired) electrons. The average molecular weight is 466 g/mol. The van der Waals surface area contributed by atoms with Crippen molar-refractivity contribution < 1.29 is 16.1 Å². The van der Waals surface area contributed by atoms with Gasteiger partial charge in [0.1, 0.15) is 24.0 Å². The molecule has 5 aromatic rings. The summed E-state index contributed by atoms with van der Waals surface area (Å²) in [5.74, 6) is -0.607. The number of hydrogen-bond donors (Lipinski definition) is 0. The molecule has 3 aromatic carbocycles. The van der Waals surface area contributed by atoms with Gasteiger partial charge >= 0.3 is 0 Å². The maximum absolute atomic E-state index is 15.5. The number of nitrogens with zero attached hydrogens (tertiary/aromatic N) is 2. The molecule has 35 heavy (non-hydrogen) atoms. The largest absolute Gasteiger partial charge is 0.455 e. The lowest BCUT2D eigenvalue weighted by Crippen LogP contribution is -2.33. The summed E-state index contributed by atoms with van der Waals surface area (Å²) < 4.78 is 40.8. The average Bonchev–Trinajstić information content (AvgIpc) is 3.23. The molecule has 0 unspecified atom stereocenters. The molecule has 0 fully saturated rings. The van der Waals surface area contributed by atoms with Gasteiger partial charge in [-0.05, 0) is 47.5 Å². The van der Waals surface area contributed by atoms with E-state index in [1.54, 1.807) is 32.4 Å². The smallest absolute Gasteiger partial charge is 0.219 e. The second kappa shape index (κ2) is 8.36. The van der Waals surface area contributed by atoms with Crippen molar-refractivity contribution in [3.05, 3.63) is 89.4 Å². The van der Waals surface area contributed by atoms with Crippen LogP contribution in [0, 0.1) is 29.5 Å². The van der Waals surface area contributed by atoms with Gasteiger partial charge in [0, 0.05) is 19.6 Å². The third kappa shape index (κ3) is 4.08. The number of aromatic nitrogens is 1. The second-order valence-electron chi connectivity index (χ2n) is 10.0. The van der Waals surface area contributed by atoms with Gasteiger partial charge in [-0.15, -0.1) is 0 Å². The Kier molecular flexibility index (Phi) is 4.87. The highest BCUT2D eigenvalue weighted by Crippen LogP contribution is 2.40. The zero-order valence-corrected chi connectivity index (χ0v) is 20.5. The molecule has 174 valence electrons. The third-order valence-corrected chi connectivity index (χ3v) is 6.17. The van der Waals surface area contributed by atoms with Crippen molar-refractivity contribution in [3.63, 3.8) is 0 Å². The molecule has 2 heterocycles. The first-order valence-electron chi connectivity index (χ1n) is 12.6. The van der Waals surface area contributed by atoms with Crippen molar-refractivity contribution >= 4 is 21.9 Å². The number of hydrogen-bond acceptors (Lipinski definition) is 2. The fourth-order valence-electron chi connectivity index (χ4n) is 4.64. The third-order valence-electron chi connectivity index (χ3n) is 6.17. The van der Waals surface area contributed by atoms with Crippen LogP contribution >= 0.6 is 0 Å². The van der Waals surface area contributed by atoms with E-state index in [1.807, 2.05) is 61.5 Å². The van der Waals surface area contributed by atoms with E-state index in [0.29, 0.717) is 28.0 Å². The number of nitriles is 1. The molecule has 0 amide bonds. The Morgan fingerprint density at radius 1 is 1.06 bits per heavy atom. The fourth-order valence-corrected chi connectivity index (χ4v) is 4.64. The molecule has 0 saturated heterocycles. The van der Waals surface area contributed by atoms with E-state index in [0.717, 1.165) is 27.5 Å². The van der Waals surface area contributed by atoms with Crippen molar-refractivity contribution in [2.45, 2.75) is 34.1 Å². The number of fused-ring (bicyclic) bond motifs is 3. The molecule has 0 atom stereocenters. The van der Waals surface area contributed by atoms with Crippen LogP contribution in [-0.4, -0.2) is 0 Å². The van der Waals surface area contributed by atoms with Gasteiger partial charge in [-0.1, -0.05) is 63.2 Å². The highest BCUT2D eigenvalue weighted by molar-refractivity contribution is 6.12. The summed E-state index contributed by atoms with van der Waals surface area (Å²) in [6.45, 7) is 7.21. The van der Waals surface area contributed by atoms with Gasteiger partial charge in [0.25, 0.3) is 0 Å². The Labute approximate surface area is 207 Å². The molecule has 5 rings (SSSR count). The van der Waals surface area contributed by atoms with Crippen LogP contribution in [0.15, 0.2) is 71.3 Å². The lowest BCUT2D eigenvalue weighted by atomic mass is 9.88. The number of aryl methyl sites for hydroxylation is 2. The van der Waals surface area contributed by atoms with E-state index in [4.69, 9.17) is 7.16 Å². The zero-order valence-electron chi connectivity index (χ0n) is 22.5. The normalized spacial score (nSPS) is 13.1. The van der Waals surface area contributed by atoms with Gasteiger partial charge in [0.05, 0.1) is 22.8 Å². The molecule has 0 bridgehead atoms. The summed E-state index contributed by atoms with van der Waals surface area (Å²) in [5.41, 5.74) is 4.91. The summed E-state index contributed by atoms with van der Waals surface area (Å²) in [6.07, 6.45) is -0.339. The fraction of sp³-hybridized carbons (Fsp3) is 0.226. The lowest BCUT2D eigenvalue weighted by molar-refractivity contribution is -0.661. The minimum atomic E-state index is -1.87. The number of furan rings is 1. The molecular weight excluding hydrogens is 435 g/mol. The van der Waals surface area contributed by atoms with Crippen molar-refractivity contribution in [2.24, 2.45) is 12.5 Å². The second-order valence-corrected chi connectivity index (χ2v) is 10.0. The first-order valence-corrected chi connectivity index (χ1v) is 11.6. The summed E-state index contributed by atoms with van der Waals surface area (Å²) in [6, 6.07) is 21.2. The highest BCUT2D eigenvalue weighted by atomic mass is 19.1. The molecule has 0 aliphatic heterocycles. The molecule has 0 N–H and O–H groups in total. The van der Waals surface area contributed by atoms with Gasteiger partial charge in [0.15, 0.2) is 6.20 Å². The topological polar surface area (TPSA) is 40.8 Å². The zero-order chi connectivity index (χ0) is 26.7.